The van der Waals surface area contributed by atoms with Gasteiger partial charge in [-0.05, 0) is 31.9 Å². The Bertz CT molecular complexity index is 920. The van der Waals surface area contributed by atoms with Crippen LogP contribution in [0.5, 0.6) is 5.75 Å². The van der Waals surface area contributed by atoms with Gasteiger partial charge in [-0.25, -0.2) is 4.68 Å². The number of amides is 1. The number of methoxy groups -OCH3 is 1. The van der Waals surface area contributed by atoms with Crippen molar-refractivity contribution in [1.82, 2.24) is 9.78 Å². The molecule has 0 spiro atoms. The number of carbonyl (C=O) groups excluding carboxylic acids is 1. The molecule has 1 aromatic carbocycles. The Morgan fingerprint density at radius 3 is 2.73 bits per heavy atom. The second kappa shape index (κ2) is 6.95. The van der Waals surface area contributed by atoms with E-state index >= 15 is 0 Å². The quantitative estimate of drug-likeness (QED) is 0.625. The third-order valence-corrected chi connectivity index (χ3v) is 4.24. The van der Waals surface area contributed by atoms with Gasteiger partial charge in [0.25, 0.3) is 11.2 Å². The molecule has 0 aliphatic heterocycles. The number of hydrogen-bond donors (Lipinski definition) is 1. The zero-order chi connectivity index (χ0) is 18.8. The maximum atomic E-state index is 12.6. The summed E-state index contributed by atoms with van der Waals surface area (Å²) in [4.78, 5) is 35.0. The van der Waals surface area contributed by atoms with Gasteiger partial charge in [0.15, 0.2) is 0 Å². The van der Waals surface area contributed by atoms with Gasteiger partial charge in [-0.2, -0.15) is 5.10 Å². The van der Waals surface area contributed by atoms with Crippen LogP contribution in [0, 0.1) is 10.1 Å². The summed E-state index contributed by atoms with van der Waals surface area (Å²) in [6.07, 6.45) is 2.05. The van der Waals surface area contributed by atoms with Crippen molar-refractivity contribution < 1.29 is 14.5 Å². The second-order valence-corrected chi connectivity index (χ2v) is 6.12. The lowest BCUT2D eigenvalue weighted by atomic mass is 10.2. The largest absolute Gasteiger partial charge is 0.495 e. The van der Waals surface area contributed by atoms with E-state index in [0.29, 0.717) is 5.92 Å². The van der Waals surface area contributed by atoms with Crippen LogP contribution < -0.4 is 15.6 Å². The summed E-state index contributed by atoms with van der Waals surface area (Å²) < 4.78 is 6.26. The van der Waals surface area contributed by atoms with E-state index in [1.54, 1.807) is 13.0 Å². The first-order valence-electron chi connectivity index (χ1n) is 8.13. The van der Waals surface area contributed by atoms with Crippen molar-refractivity contribution >= 4 is 17.3 Å². The number of carbonyl (C=O) groups is 1. The predicted octanol–water partition coefficient (Wildman–Crippen LogP) is 2.24. The molecule has 1 aliphatic rings. The average molecular weight is 358 g/mol. The van der Waals surface area contributed by atoms with E-state index in [2.05, 4.69) is 10.4 Å². The molecule has 26 heavy (non-hydrogen) atoms. The Kier molecular flexibility index (Phi) is 4.70. The maximum absolute atomic E-state index is 12.6. The predicted molar refractivity (Wildman–Crippen MR) is 93.5 cm³/mol. The molecule has 1 aliphatic carbocycles. The number of nitrogens with zero attached hydrogens (tertiary/aromatic N) is 3. The topological polar surface area (TPSA) is 116 Å². The molecule has 136 valence electrons. The van der Waals surface area contributed by atoms with E-state index in [4.69, 9.17) is 4.74 Å². The SMILES string of the molecule is COc1ccc([N+](=O)[O-])cc1NC(=O)C(C)n1nc(C2CC2)ccc1=O. The molecule has 9 heteroatoms. The second-order valence-electron chi connectivity index (χ2n) is 6.12. The number of hydrogen-bond acceptors (Lipinski definition) is 6. The number of nitro benzene ring substituents is 1. The number of anilines is 1. The minimum Gasteiger partial charge on any atom is -0.495 e. The summed E-state index contributed by atoms with van der Waals surface area (Å²) in [5.74, 6) is 0.100. The third-order valence-electron chi connectivity index (χ3n) is 4.24. The Morgan fingerprint density at radius 1 is 1.38 bits per heavy atom. The van der Waals surface area contributed by atoms with Gasteiger partial charge < -0.3 is 10.1 Å². The van der Waals surface area contributed by atoms with Crippen LogP contribution in [0.2, 0.25) is 0 Å². The van der Waals surface area contributed by atoms with Gasteiger partial charge in [-0.1, -0.05) is 0 Å². The van der Waals surface area contributed by atoms with Crippen LogP contribution in [-0.2, 0) is 4.79 Å². The summed E-state index contributed by atoms with van der Waals surface area (Å²) in [7, 11) is 1.39. The number of nitro groups is 1. The van der Waals surface area contributed by atoms with Crippen LogP contribution in [-0.4, -0.2) is 27.7 Å². The molecule has 1 amide bonds. The van der Waals surface area contributed by atoms with Gasteiger partial charge in [0.1, 0.15) is 11.8 Å². The molecular formula is C17H18N4O5. The van der Waals surface area contributed by atoms with Crippen molar-refractivity contribution in [3.63, 3.8) is 0 Å². The molecule has 0 saturated heterocycles. The number of rotatable bonds is 6. The lowest BCUT2D eigenvalue weighted by molar-refractivity contribution is -0.384. The highest BCUT2D eigenvalue weighted by atomic mass is 16.6. The van der Waals surface area contributed by atoms with Crippen molar-refractivity contribution in [1.29, 1.82) is 0 Å². The lowest BCUT2D eigenvalue weighted by Gasteiger charge is -2.16. The Morgan fingerprint density at radius 2 is 2.12 bits per heavy atom. The van der Waals surface area contributed by atoms with E-state index < -0.39 is 16.9 Å². The van der Waals surface area contributed by atoms with Gasteiger partial charge in [0, 0.05) is 24.1 Å². The minimum atomic E-state index is -0.884. The van der Waals surface area contributed by atoms with Crippen LogP contribution in [0.3, 0.4) is 0 Å². The number of ether oxygens (including phenoxy) is 1. The smallest absolute Gasteiger partial charge is 0.271 e. The highest BCUT2D eigenvalue weighted by Gasteiger charge is 2.27. The molecule has 1 N–H and O–H groups in total. The van der Waals surface area contributed by atoms with Gasteiger partial charge in [-0.3, -0.25) is 19.7 Å². The Balaban J connectivity index is 1.86. The monoisotopic (exact) mass is 358 g/mol. The van der Waals surface area contributed by atoms with Crippen LogP contribution in [0.1, 0.15) is 37.4 Å². The number of nitrogens with one attached hydrogen (secondary N) is 1. The van der Waals surface area contributed by atoms with E-state index in [1.807, 2.05) is 0 Å². The van der Waals surface area contributed by atoms with Crippen molar-refractivity contribution in [2.24, 2.45) is 0 Å². The molecule has 2 aromatic rings. The molecule has 1 fully saturated rings. The summed E-state index contributed by atoms with van der Waals surface area (Å²) in [6.45, 7) is 1.55. The number of non-ortho nitro benzene ring substituents is 1. The summed E-state index contributed by atoms with van der Waals surface area (Å²) in [6, 6.07) is 6.09. The first-order chi connectivity index (χ1) is 12.4. The van der Waals surface area contributed by atoms with E-state index in [-0.39, 0.29) is 22.7 Å². The highest BCUT2D eigenvalue weighted by molar-refractivity contribution is 5.95. The normalized spacial score (nSPS) is 14.5. The molecule has 3 rings (SSSR count). The fourth-order valence-corrected chi connectivity index (χ4v) is 2.57. The Hall–Kier alpha value is -3.23. The van der Waals surface area contributed by atoms with Crippen LogP contribution in [0.15, 0.2) is 35.1 Å². The van der Waals surface area contributed by atoms with Crippen LogP contribution >= 0.6 is 0 Å². The molecule has 1 aromatic heterocycles. The highest BCUT2D eigenvalue weighted by Crippen LogP contribution is 2.38. The fourth-order valence-electron chi connectivity index (χ4n) is 2.57. The standard InChI is InChI=1S/C17H18N4O5/c1-10(20-16(22)8-6-13(19-20)11-3-4-11)17(23)18-14-9-12(21(24)25)5-7-15(14)26-2/h5-11H,3-4H2,1-2H3,(H,18,23). The maximum Gasteiger partial charge on any atom is 0.271 e. The zero-order valence-corrected chi connectivity index (χ0v) is 14.3. The molecule has 1 unspecified atom stereocenters. The molecule has 0 bridgehead atoms. The molecular weight excluding hydrogens is 340 g/mol. The summed E-state index contributed by atoms with van der Waals surface area (Å²) in [5, 5.41) is 17.8. The van der Waals surface area contributed by atoms with Gasteiger partial charge in [0.2, 0.25) is 5.91 Å². The summed E-state index contributed by atoms with van der Waals surface area (Å²) in [5.41, 5.74) is 0.380. The van der Waals surface area contributed by atoms with Crippen LogP contribution in [0.4, 0.5) is 11.4 Å². The van der Waals surface area contributed by atoms with Crippen molar-refractivity contribution in [3.8, 4) is 5.75 Å². The zero-order valence-electron chi connectivity index (χ0n) is 14.3. The van der Waals surface area contributed by atoms with E-state index in [0.717, 1.165) is 23.2 Å². The molecule has 1 heterocycles. The van der Waals surface area contributed by atoms with Gasteiger partial charge in [-0.15, -0.1) is 0 Å². The fraction of sp³-hybridized carbons (Fsp3) is 0.353. The molecule has 0 radical (unpaired) electrons. The van der Waals surface area contributed by atoms with E-state index in [9.17, 15) is 19.7 Å². The lowest BCUT2D eigenvalue weighted by Crippen LogP contribution is -2.33. The first-order valence-corrected chi connectivity index (χ1v) is 8.13. The summed E-state index contributed by atoms with van der Waals surface area (Å²) >= 11 is 0. The molecule has 1 atom stereocenters. The van der Waals surface area contributed by atoms with Crippen molar-refractivity contribution in [2.45, 2.75) is 31.7 Å². The minimum absolute atomic E-state index is 0.157. The Labute approximate surface area is 148 Å². The number of benzene rings is 1. The third kappa shape index (κ3) is 3.56. The number of aromatic nitrogens is 2. The van der Waals surface area contributed by atoms with E-state index in [1.165, 1.54) is 31.4 Å². The van der Waals surface area contributed by atoms with Gasteiger partial charge in [0.05, 0.1) is 23.4 Å². The van der Waals surface area contributed by atoms with Crippen LogP contribution in [0.25, 0.3) is 0 Å². The molecule has 9 nitrogen and oxygen atoms in total. The average Bonchev–Trinajstić information content (AvgIpc) is 3.46. The van der Waals surface area contributed by atoms with Gasteiger partial charge >= 0.3 is 0 Å². The van der Waals surface area contributed by atoms with Crippen molar-refractivity contribution in [2.75, 3.05) is 12.4 Å². The first kappa shape index (κ1) is 17.6. The molecule has 1 saturated carbocycles. The van der Waals surface area contributed by atoms with Crippen molar-refractivity contribution in [3.05, 3.63) is 56.5 Å².